The van der Waals surface area contributed by atoms with Crippen molar-refractivity contribution in [3.8, 4) is 0 Å². The molecule has 0 fully saturated rings. The zero-order valence-corrected chi connectivity index (χ0v) is 10.2. The molecule has 0 amide bonds. The fourth-order valence-corrected chi connectivity index (χ4v) is 1.01. The average molecular weight is 293 g/mol. The van der Waals surface area contributed by atoms with Gasteiger partial charge in [0.2, 0.25) is 0 Å². The molecule has 74 valence electrons. The third-order valence-electron chi connectivity index (χ3n) is 1.60. The van der Waals surface area contributed by atoms with Crippen molar-refractivity contribution in [2.45, 2.75) is 13.3 Å². The Morgan fingerprint density at radius 2 is 1.92 bits per heavy atom. The van der Waals surface area contributed by atoms with Gasteiger partial charge in [0.15, 0.2) is 0 Å². The lowest BCUT2D eigenvalue weighted by atomic mass is 10.2. The van der Waals surface area contributed by atoms with Gasteiger partial charge in [0.25, 0.3) is 0 Å². The number of halogens is 1. The first kappa shape index (κ1) is 12.9. The van der Waals surface area contributed by atoms with Crippen molar-refractivity contribution in [2.24, 2.45) is 0 Å². The summed E-state index contributed by atoms with van der Waals surface area (Å²) in [5.41, 5.74) is 4.22. The summed E-state index contributed by atoms with van der Waals surface area (Å²) in [5.74, 6) is 0. The molecule has 0 aliphatic carbocycles. The maximum Gasteiger partial charge on any atom is 0.0653 e. The minimum atomic E-state index is 0. The summed E-state index contributed by atoms with van der Waals surface area (Å²) in [4.78, 5) is 5.01. The number of hydrogen-bond donors (Lipinski definition) is 1. The summed E-state index contributed by atoms with van der Waals surface area (Å²) in [6.07, 6.45) is 1.01. The first-order chi connectivity index (χ1) is 5.93. The SMILES string of the molecule is CCONCCc1ccccc1.I. The Labute approximate surface area is 96.7 Å². The summed E-state index contributed by atoms with van der Waals surface area (Å²) in [7, 11) is 0. The van der Waals surface area contributed by atoms with Crippen LogP contribution in [0.25, 0.3) is 0 Å². The number of hydroxylamine groups is 1. The van der Waals surface area contributed by atoms with E-state index >= 15 is 0 Å². The van der Waals surface area contributed by atoms with Crippen LogP contribution < -0.4 is 5.48 Å². The third kappa shape index (κ3) is 6.01. The molecule has 0 unspecified atom stereocenters. The van der Waals surface area contributed by atoms with Gasteiger partial charge in [-0.1, -0.05) is 30.3 Å². The van der Waals surface area contributed by atoms with Crippen molar-refractivity contribution in [3.05, 3.63) is 35.9 Å². The lowest BCUT2D eigenvalue weighted by Crippen LogP contribution is -2.17. The predicted molar refractivity (Wildman–Crippen MR) is 65.2 cm³/mol. The van der Waals surface area contributed by atoms with Crippen molar-refractivity contribution in [1.82, 2.24) is 5.48 Å². The van der Waals surface area contributed by atoms with E-state index in [1.807, 2.05) is 13.0 Å². The first-order valence-corrected chi connectivity index (χ1v) is 4.32. The number of nitrogens with one attached hydrogen (secondary N) is 1. The van der Waals surface area contributed by atoms with Gasteiger partial charge in [-0.05, 0) is 18.9 Å². The van der Waals surface area contributed by atoms with Crippen LogP contribution in [0.3, 0.4) is 0 Å². The molecule has 3 heteroatoms. The summed E-state index contributed by atoms with van der Waals surface area (Å²) in [6.45, 7) is 3.56. The van der Waals surface area contributed by atoms with E-state index in [1.165, 1.54) is 5.56 Å². The second-order valence-corrected chi connectivity index (χ2v) is 2.56. The Kier molecular flexibility index (Phi) is 8.38. The molecule has 0 radical (unpaired) electrons. The molecule has 0 atom stereocenters. The molecule has 0 aliphatic heterocycles. The number of benzene rings is 1. The van der Waals surface area contributed by atoms with Gasteiger partial charge in [0.05, 0.1) is 6.61 Å². The van der Waals surface area contributed by atoms with Gasteiger partial charge in [-0.25, -0.2) is 5.48 Å². The van der Waals surface area contributed by atoms with E-state index in [0.717, 1.165) is 19.6 Å². The summed E-state index contributed by atoms with van der Waals surface area (Å²) in [6, 6.07) is 10.4. The van der Waals surface area contributed by atoms with E-state index < -0.39 is 0 Å². The molecule has 0 aromatic heterocycles. The van der Waals surface area contributed by atoms with Crippen molar-refractivity contribution < 1.29 is 4.84 Å². The van der Waals surface area contributed by atoms with Crippen molar-refractivity contribution in [2.75, 3.05) is 13.2 Å². The van der Waals surface area contributed by atoms with Gasteiger partial charge in [0, 0.05) is 6.54 Å². The molecule has 1 rings (SSSR count). The molecular formula is C10H16INO. The molecule has 0 heterocycles. The zero-order chi connectivity index (χ0) is 8.65. The Hall–Kier alpha value is -0.130. The largest absolute Gasteiger partial charge is 0.302 e. The molecule has 0 saturated heterocycles. The molecule has 2 nitrogen and oxygen atoms in total. The third-order valence-corrected chi connectivity index (χ3v) is 1.60. The van der Waals surface area contributed by atoms with Gasteiger partial charge in [0.1, 0.15) is 0 Å². The molecule has 0 aliphatic rings. The molecule has 1 N–H and O–H groups in total. The Morgan fingerprint density at radius 1 is 1.23 bits per heavy atom. The Bertz CT molecular complexity index is 203. The minimum Gasteiger partial charge on any atom is -0.302 e. The highest BCUT2D eigenvalue weighted by Gasteiger charge is 1.89. The summed E-state index contributed by atoms with van der Waals surface area (Å²) in [5, 5.41) is 0. The lowest BCUT2D eigenvalue weighted by Gasteiger charge is -2.02. The highest BCUT2D eigenvalue weighted by Crippen LogP contribution is 1.97. The van der Waals surface area contributed by atoms with E-state index in [-0.39, 0.29) is 24.0 Å². The standard InChI is InChI=1S/C10H15NO.HI/c1-2-12-11-9-8-10-6-4-3-5-7-10;/h3-7,11H,2,8-9H2,1H3;1H. The number of hydrogen-bond acceptors (Lipinski definition) is 2. The van der Waals surface area contributed by atoms with Crippen LogP contribution >= 0.6 is 24.0 Å². The molecule has 1 aromatic rings. The van der Waals surface area contributed by atoms with Crippen LogP contribution in [0.4, 0.5) is 0 Å². The van der Waals surface area contributed by atoms with E-state index in [1.54, 1.807) is 0 Å². The van der Waals surface area contributed by atoms with Crippen LogP contribution in [0.2, 0.25) is 0 Å². The van der Waals surface area contributed by atoms with Crippen LogP contribution in [0.1, 0.15) is 12.5 Å². The van der Waals surface area contributed by atoms with Crippen LogP contribution in [0.5, 0.6) is 0 Å². The quantitative estimate of drug-likeness (QED) is 0.511. The molecule has 13 heavy (non-hydrogen) atoms. The van der Waals surface area contributed by atoms with Gasteiger partial charge in [-0.2, -0.15) is 0 Å². The molecule has 1 aromatic carbocycles. The van der Waals surface area contributed by atoms with Crippen molar-refractivity contribution in [3.63, 3.8) is 0 Å². The van der Waals surface area contributed by atoms with Crippen LogP contribution in [0.15, 0.2) is 30.3 Å². The van der Waals surface area contributed by atoms with Crippen LogP contribution in [-0.4, -0.2) is 13.2 Å². The van der Waals surface area contributed by atoms with Gasteiger partial charge < -0.3 is 4.84 Å². The second-order valence-electron chi connectivity index (χ2n) is 2.56. The Balaban J connectivity index is 0.00000144. The summed E-state index contributed by atoms with van der Waals surface area (Å²) >= 11 is 0. The lowest BCUT2D eigenvalue weighted by molar-refractivity contribution is 0.0519. The second kappa shape index (κ2) is 8.47. The number of rotatable bonds is 5. The van der Waals surface area contributed by atoms with Gasteiger partial charge in [-0.15, -0.1) is 24.0 Å². The van der Waals surface area contributed by atoms with Crippen molar-refractivity contribution >= 4 is 24.0 Å². The summed E-state index contributed by atoms with van der Waals surface area (Å²) < 4.78 is 0. The maximum absolute atomic E-state index is 5.01. The van der Waals surface area contributed by atoms with E-state index in [0.29, 0.717) is 0 Å². The highest BCUT2D eigenvalue weighted by atomic mass is 127. The van der Waals surface area contributed by atoms with Gasteiger partial charge >= 0.3 is 0 Å². The predicted octanol–water partition coefficient (Wildman–Crippen LogP) is 2.39. The highest BCUT2D eigenvalue weighted by molar-refractivity contribution is 14.0. The minimum absolute atomic E-state index is 0. The van der Waals surface area contributed by atoms with E-state index in [2.05, 4.69) is 29.7 Å². The van der Waals surface area contributed by atoms with Crippen molar-refractivity contribution in [1.29, 1.82) is 0 Å². The monoisotopic (exact) mass is 293 g/mol. The Morgan fingerprint density at radius 3 is 2.54 bits per heavy atom. The average Bonchev–Trinajstić information content (AvgIpc) is 2.14. The van der Waals surface area contributed by atoms with E-state index in [4.69, 9.17) is 4.84 Å². The molecular weight excluding hydrogens is 277 g/mol. The van der Waals surface area contributed by atoms with Crippen LogP contribution in [0, 0.1) is 0 Å². The van der Waals surface area contributed by atoms with Gasteiger partial charge in [-0.3, -0.25) is 0 Å². The maximum atomic E-state index is 5.01. The van der Waals surface area contributed by atoms with Crippen LogP contribution in [-0.2, 0) is 11.3 Å². The molecule has 0 spiro atoms. The normalized spacial score (nSPS) is 9.31. The first-order valence-electron chi connectivity index (χ1n) is 4.32. The topological polar surface area (TPSA) is 21.3 Å². The smallest absolute Gasteiger partial charge is 0.0653 e. The van der Waals surface area contributed by atoms with E-state index in [9.17, 15) is 0 Å². The molecule has 0 saturated carbocycles. The fraction of sp³-hybridized carbons (Fsp3) is 0.400. The fourth-order valence-electron chi connectivity index (χ4n) is 1.01. The zero-order valence-electron chi connectivity index (χ0n) is 7.82. The molecule has 0 bridgehead atoms.